The van der Waals surface area contributed by atoms with Crippen molar-refractivity contribution in [3.8, 4) is 0 Å². The molecule has 3 nitrogen and oxygen atoms in total. The number of allylic oxidation sites excluding steroid dienone is 1. The average molecular weight is 220 g/mol. The molecule has 0 aliphatic carbocycles. The maximum atomic E-state index is 9.66. The van der Waals surface area contributed by atoms with Gasteiger partial charge in [-0.15, -0.1) is 0 Å². The molecule has 1 heterocycles. The number of rotatable bonds is 2. The Morgan fingerprint density at radius 2 is 2.06 bits per heavy atom. The van der Waals surface area contributed by atoms with Gasteiger partial charge in [0.05, 0.1) is 6.61 Å². The number of benzene rings is 1. The Hall–Kier alpha value is -1.16. The molecule has 1 aromatic rings. The van der Waals surface area contributed by atoms with Crippen LogP contribution in [-0.2, 0) is 9.47 Å². The van der Waals surface area contributed by atoms with Crippen LogP contribution < -0.4 is 0 Å². The average Bonchev–Trinajstić information content (AvgIpc) is 2.33. The number of ether oxygens (including phenoxy) is 2. The fraction of sp³-hybridized carbons (Fsp3) is 0.385. The van der Waals surface area contributed by atoms with Crippen molar-refractivity contribution in [2.75, 3.05) is 6.61 Å². The predicted molar refractivity (Wildman–Crippen MR) is 60.8 cm³/mol. The second kappa shape index (κ2) is 5.25. The van der Waals surface area contributed by atoms with Crippen LogP contribution in [0.15, 0.2) is 42.5 Å². The SMILES string of the molecule is C/C=C/[C@@H]1OC(c2ccccc2)OC[C@H]1O. The summed E-state index contributed by atoms with van der Waals surface area (Å²) in [6.45, 7) is 2.21. The van der Waals surface area contributed by atoms with Crippen molar-refractivity contribution in [3.63, 3.8) is 0 Å². The molecule has 86 valence electrons. The molecule has 0 bridgehead atoms. The van der Waals surface area contributed by atoms with E-state index >= 15 is 0 Å². The Balaban J connectivity index is 2.08. The lowest BCUT2D eigenvalue weighted by atomic mass is 10.1. The minimum Gasteiger partial charge on any atom is -0.388 e. The van der Waals surface area contributed by atoms with Gasteiger partial charge in [-0.25, -0.2) is 0 Å². The summed E-state index contributed by atoms with van der Waals surface area (Å²) in [6, 6.07) is 9.74. The lowest BCUT2D eigenvalue weighted by molar-refractivity contribution is -0.243. The van der Waals surface area contributed by atoms with E-state index in [1.54, 1.807) is 0 Å². The quantitative estimate of drug-likeness (QED) is 0.775. The molecule has 0 radical (unpaired) electrons. The summed E-state index contributed by atoms with van der Waals surface area (Å²) in [5, 5.41) is 9.66. The zero-order valence-corrected chi connectivity index (χ0v) is 9.24. The van der Waals surface area contributed by atoms with Crippen molar-refractivity contribution < 1.29 is 14.6 Å². The van der Waals surface area contributed by atoms with Gasteiger partial charge in [-0.3, -0.25) is 0 Å². The second-order valence-electron chi connectivity index (χ2n) is 3.77. The molecule has 1 aliphatic heterocycles. The van der Waals surface area contributed by atoms with Crippen molar-refractivity contribution in [1.82, 2.24) is 0 Å². The van der Waals surface area contributed by atoms with Gasteiger partial charge in [0.1, 0.15) is 12.2 Å². The van der Waals surface area contributed by atoms with E-state index in [1.165, 1.54) is 0 Å². The van der Waals surface area contributed by atoms with Crippen LogP contribution in [0.5, 0.6) is 0 Å². The molecule has 1 aliphatic rings. The molecule has 1 aromatic carbocycles. The molecule has 2 rings (SSSR count). The van der Waals surface area contributed by atoms with Gasteiger partial charge in [-0.2, -0.15) is 0 Å². The van der Waals surface area contributed by atoms with E-state index in [-0.39, 0.29) is 12.4 Å². The van der Waals surface area contributed by atoms with E-state index in [4.69, 9.17) is 9.47 Å². The molecule has 3 atom stereocenters. The van der Waals surface area contributed by atoms with Crippen LogP contribution in [0.2, 0.25) is 0 Å². The third kappa shape index (κ3) is 2.50. The molecule has 0 aromatic heterocycles. The minimum atomic E-state index is -0.587. The van der Waals surface area contributed by atoms with E-state index in [9.17, 15) is 5.11 Å². The van der Waals surface area contributed by atoms with Crippen LogP contribution in [0.25, 0.3) is 0 Å². The van der Waals surface area contributed by atoms with Gasteiger partial charge in [-0.1, -0.05) is 42.5 Å². The second-order valence-corrected chi connectivity index (χ2v) is 3.77. The Morgan fingerprint density at radius 1 is 1.31 bits per heavy atom. The third-order valence-corrected chi connectivity index (χ3v) is 2.53. The summed E-state index contributed by atoms with van der Waals surface area (Å²) in [7, 11) is 0. The topological polar surface area (TPSA) is 38.7 Å². The highest BCUT2D eigenvalue weighted by Crippen LogP contribution is 2.26. The highest BCUT2D eigenvalue weighted by Gasteiger charge is 2.29. The molecule has 1 N–H and O–H groups in total. The van der Waals surface area contributed by atoms with Gasteiger partial charge in [-0.05, 0) is 6.92 Å². The Bertz CT molecular complexity index is 347. The van der Waals surface area contributed by atoms with Gasteiger partial charge in [0.15, 0.2) is 6.29 Å². The van der Waals surface area contributed by atoms with Crippen molar-refractivity contribution in [1.29, 1.82) is 0 Å². The fourth-order valence-corrected chi connectivity index (χ4v) is 1.70. The van der Waals surface area contributed by atoms with E-state index in [1.807, 2.05) is 49.4 Å². The normalized spacial score (nSPS) is 30.8. The number of aliphatic hydroxyl groups is 1. The van der Waals surface area contributed by atoms with Gasteiger partial charge in [0.25, 0.3) is 0 Å². The Labute approximate surface area is 95.3 Å². The molecule has 0 spiro atoms. The third-order valence-electron chi connectivity index (χ3n) is 2.53. The molecular formula is C13H16O3. The molecule has 1 saturated heterocycles. The Morgan fingerprint density at radius 3 is 2.75 bits per heavy atom. The summed E-state index contributed by atoms with van der Waals surface area (Å²) in [5.41, 5.74) is 0.976. The summed E-state index contributed by atoms with van der Waals surface area (Å²) in [6.07, 6.45) is 2.47. The largest absolute Gasteiger partial charge is 0.388 e. The molecule has 16 heavy (non-hydrogen) atoms. The van der Waals surface area contributed by atoms with Gasteiger partial charge in [0.2, 0.25) is 0 Å². The summed E-state index contributed by atoms with van der Waals surface area (Å²) in [4.78, 5) is 0. The van der Waals surface area contributed by atoms with Crippen LogP contribution in [-0.4, -0.2) is 23.9 Å². The van der Waals surface area contributed by atoms with Crippen LogP contribution in [0, 0.1) is 0 Å². The first-order valence-corrected chi connectivity index (χ1v) is 5.44. The maximum absolute atomic E-state index is 9.66. The first-order valence-electron chi connectivity index (χ1n) is 5.44. The fourth-order valence-electron chi connectivity index (χ4n) is 1.70. The number of hydrogen-bond acceptors (Lipinski definition) is 3. The minimum absolute atomic E-state index is 0.288. The molecule has 3 heteroatoms. The van der Waals surface area contributed by atoms with Crippen LogP contribution in [0.4, 0.5) is 0 Å². The molecule has 0 amide bonds. The van der Waals surface area contributed by atoms with E-state index < -0.39 is 6.10 Å². The summed E-state index contributed by atoms with van der Waals surface area (Å²) in [5.74, 6) is 0. The highest BCUT2D eigenvalue weighted by molar-refractivity contribution is 5.16. The van der Waals surface area contributed by atoms with Crippen molar-refractivity contribution in [2.24, 2.45) is 0 Å². The molecular weight excluding hydrogens is 204 g/mol. The molecule has 0 saturated carbocycles. The standard InChI is InChI=1S/C13H16O3/c1-2-6-12-11(14)9-15-13(16-12)10-7-4-3-5-8-10/h2-8,11-14H,9H2,1H3/b6-2+/t11-,12+,13?/m1/s1. The molecule has 1 fully saturated rings. The zero-order chi connectivity index (χ0) is 11.4. The van der Waals surface area contributed by atoms with Gasteiger partial charge in [0, 0.05) is 5.56 Å². The van der Waals surface area contributed by atoms with E-state index in [0.29, 0.717) is 6.61 Å². The van der Waals surface area contributed by atoms with Crippen molar-refractivity contribution in [3.05, 3.63) is 48.0 Å². The first kappa shape index (κ1) is 11.3. The van der Waals surface area contributed by atoms with Crippen LogP contribution >= 0.6 is 0 Å². The smallest absolute Gasteiger partial charge is 0.184 e. The lowest BCUT2D eigenvalue weighted by Crippen LogP contribution is -2.39. The van der Waals surface area contributed by atoms with Gasteiger partial charge >= 0.3 is 0 Å². The maximum Gasteiger partial charge on any atom is 0.184 e. The number of hydrogen-bond donors (Lipinski definition) is 1. The zero-order valence-electron chi connectivity index (χ0n) is 9.24. The monoisotopic (exact) mass is 220 g/mol. The predicted octanol–water partition coefficient (Wildman–Crippen LogP) is 2.04. The van der Waals surface area contributed by atoms with Crippen LogP contribution in [0.3, 0.4) is 0 Å². The Kier molecular flexibility index (Phi) is 3.72. The van der Waals surface area contributed by atoms with Gasteiger partial charge < -0.3 is 14.6 Å². The number of aliphatic hydroxyl groups excluding tert-OH is 1. The first-order chi connectivity index (χ1) is 7.81. The molecule has 1 unspecified atom stereocenters. The van der Waals surface area contributed by atoms with E-state index in [2.05, 4.69) is 0 Å². The van der Waals surface area contributed by atoms with Crippen LogP contribution in [0.1, 0.15) is 18.8 Å². The van der Waals surface area contributed by atoms with E-state index in [0.717, 1.165) is 5.56 Å². The van der Waals surface area contributed by atoms with Crippen molar-refractivity contribution in [2.45, 2.75) is 25.4 Å². The summed E-state index contributed by atoms with van der Waals surface area (Å²) < 4.78 is 11.1. The highest BCUT2D eigenvalue weighted by atomic mass is 16.7. The summed E-state index contributed by atoms with van der Waals surface area (Å²) >= 11 is 0. The lowest BCUT2D eigenvalue weighted by Gasteiger charge is -2.32. The van der Waals surface area contributed by atoms with Crippen molar-refractivity contribution >= 4 is 0 Å².